The fourth-order valence-corrected chi connectivity index (χ4v) is 7.29. The Hall–Kier alpha value is -4.52. The van der Waals surface area contributed by atoms with E-state index in [9.17, 15) is 25.9 Å². The van der Waals surface area contributed by atoms with Gasteiger partial charge in [0.15, 0.2) is 0 Å². The molecule has 0 bridgehead atoms. The van der Waals surface area contributed by atoms with Crippen molar-refractivity contribution in [3.8, 4) is 0 Å². The van der Waals surface area contributed by atoms with Crippen molar-refractivity contribution < 1.29 is 30.8 Å². The molecule has 1 atom stereocenters. The first kappa shape index (κ1) is 36.8. The molecule has 1 unspecified atom stereocenters. The molecule has 50 heavy (non-hydrogen) atoms. The molecule has 9 nitrogen and oxygen atoms in total. The Morgan fingerprint density at radius 1 is 0.760 bits per heavy atom. The van der Waals surface area contributed by atoms with Crippen molar-refractivity contribution in [3.63, 3.8) is 0 Å². The number of quaternary nitrogens is 1. The summed E-state index contributed by atoms with van der Waals surface area (Å²) >= 11 is 0. The van der Waals surface area contributed by atoms with Crippen LogP contribution in [-0.4, -0.2) is 59.2 Å². The van der Waals surface area contributed by atoms with Gasteiger partial charge in [-0.05, 0) is 102 Å². The molecule has 1 aliphatic rings. The van der Waals surface area contributed by atoms with Crippen LogP contribution in [0.2, 0.25) is 0 Å². The van der Waals surface area contributed by atoms with E-state index >= 15 is 0 Å². The molecule has 2 N–H and O–H groups in total. The molecule has 0 aliphatic heterocycles. The zero-order chi connectivity index (χ0) is 36.1. The fraction of sp³-hybridized carbons (Fsp3) is 0.231. The van der Waals surface area contributed by atoms with E-state index in [0.29, 0.717) is 19.6 Å². The lowest BCUT2D eigenvalue weighted by molar-refractivity contribution is -0.924. The predicted octanol–water partition coefficient (Wildman–Crippen LogP) is 5.33. The lowest BCUT2D eigenvalue weighted by Gasteiger charge is -2.26. The molecule has 0 spiro atoms. The topological polar surface area (TPSA) is 122 Å². The Morgan fingerprint density at radius 2 is 1.30 bits per heavy atom. The van der Waals surface area contributed by atoms with Crippen LogP contribution < -0.4 is 14.7 Å². The summed E-state index contributed by atoms with van der Waals surface area (Å²) in [5.74, 6) is 0. The van der Waals surface area contributed by atoms with E-state index < -0.39 is 20.2 Å². The first-order valence-electron chi connectivity index (χ1n) is 16.5. The van der Waals surface area contributed by atoms with Crippen LogP contribution in [-0.2, 0) is 33.3 Å². The van der Waals surface area contributed by atoms with Crippen LogP contribution in [0.25, 0.3) is 5.57 Å². The minimum absolute atomic E-state index is 0.0495. The molecule has 0 fully saturated rings. The van der Waals surface area contributed by atoms with Crippen molar-refractivity contribution in [2.45, 2.75) is 42.8 Å². The normalized spacial score (nSPS) is 15.2. The van der Waals surface area contributed by atoms with E-state index in [1.165, 1.54) is 29.2 Å². The number of nitrogens with one attached hydrogen (secondary N) is 1. The lowest BCUT2D eigenvalue weighted by Crippen LogP contribution is -3.13. The van der Waals surface area contributed by atoms with Crippen molar-refractivity contribution >= 4 is 37.2 Å². The number of hydrogen-bond acceptors (Lipinski definition) is 7. The van der Waals surface area contributed by atoms with Crippen LogP contribution in [0.3, 0.4) is 0 Å². The number of likely N-dealkylation sites (N-methyl/N-ethyl adjacent to an activating group) is 1. The van der Waals surface area contributed by atoms with Crippen LogP contribution in [0, 0.1) is 0 Å². The van der Waals surface area contributed by atoms with E-state index in [0.717, 1.165) is 51.3 Å². The first-order valence-corrected chi connectivity index (χ1v) is 19.3. The van der Waals surface area contributed by atoms with Crippen LogP contribution in [0.1, 0.15) is 36.1 Å². The molecule has 0 amide bonds. The third kappa shape index (κ3) is 8.98. The Balaban J connectivity index is 1.44. The van der Waals surface area contributed by atoms with Crippen molar-refractivity contribution in [3.05, 3.63) is 149 Å². The van der Waals surface area contributed by atoms with Gasteiger partial charge >= 0.3 is 0 Å². The van der Waals surface area contributed by atoms with Crippen LogP contribution in [0.15, 0.2) is 137 Å². The Labute approximate surface area is 296 Å². The van der Waals surface area contributed by atoms with Gasteiger partial charge in [-0.15, -0.1) is 0 Å². The Kier molecular flexibility index (Phi) is 11.4. The summed E-state index contributed by atoms with van der Waals surface area (Å²) in [5, 5.41) is 0. The first-order chi connectivity index (χ1) is 23.8. The van der Waals surface area contributed by atoms with Gasteiger partial charge in [0.1, 0.15) is 22.7 Å². The number of allylic oxidation sites excluding steroid dienone is 3. The van der Waals surface area contributed by atoms with Gasteiger partial charge in [0, 0.05) is 44.1 Å². The predicted molar refractivity (Wildman–Crippen MR) is 198 cm³/mol. The molecule has 0 saturated carbocycles. The molecule has 0 radical (unpaired) electrons. The molecule has 0 heterocycles. The van der Waals surface area contributed by atoms with E-state index in [1.54, 1.807) is 12.1 Å². The van der Waals surface area contributed by atoms with E-state index in [4.69, 9.17) is 0 Å². The molecule has 1 aliphatic carbocycles. The summed E-state index contributed by atoms with van der Waals surface area (Å²) in [6, 6.07) is 29.4. The maximum atomic E-state index is 11.7. The highest BCUT2D eigenvalue weighted by atomic mass is 32.2. The average Bonchev–Trinajstić information content (AvgIpc) is 3.10. The van der Waals surface area contributed by atoms with Crippen LogP contribution >= 0.6 is 0 Å². The van der Waals surface area contributed by atoms with Gasteiger partial charge in [-0.1, -0.05) is 60.7 Å². The van der Waals surface area contributed by atoms with Gasteiger partial charge in [-0.25, -0.2) is 8.42 Å². The van der Waals surface area contributed by atoms with Gasteiger partial charge < -0.3 is 19.3 Å². The third-order valence-electron chi connectivity index (χ3n) is 8.94. The number of hydrogen-bond donors (Lipinski definition) is 2. The summed E-state index contributed by atoms with van der Waals surface area (Å²) in [6.07, 6.45) is 8.62. The third-order valence-corrected chi connectivity index (χ3v) is 10.6. The molecular weight excluding hydrogens is 671 g/mol. The lowest BCUT2D eigenvalue weighted by atomic mass is 9.90. The average molecular weight is 714 g/mol. The van der Waals surface area contributed by atoms with Crippen LogP contribution in [0.5, 0.6) is 0 Å². The summed E-state index contributed by atoms with van der Waals surface area (Å²) in [7, 11) is -4.80. The quantitative estimate of drug-likeness (QED) is 0.179. The minimum Gasteiger partial charge on any atom is -0.744 e. The van der Waals surface area contributed by atoms with Crippen molar-refractivity contribution in [1.29, 1.82) is 0 Å². The fourth-order valence-electron chi connectivity index (χ4n) is 6.20. The van der Waals surface area contributed by atoms with E-state index in [-0.39, 0.29) is 15.8 Å². The van der Waals surface area contributed by atoms with Gasteiger partial charge in [0.2, 0.25) is 0 Å². The molecule has 4 aromatic rings. The highest BCUT2D eigenvalue weighted by Gasteiger charge is 2.21. The monoisotopic (exact) mass is 713 g/mol. The maximum absolute atomic E-state index is 11.7. The van der Waals surface area contributed by atoms with Gasteiger partial charge in [0.25, 0.3) is 10.1 Å². The second kappa shape index (κ2) is 15.6. The SMILES string of the molecule is CCN(Cc1cccc(S(=O)(=O)O)c1)c1ccc(C(=C2C=CC([NH+](CC)Cc3cccc(S(=O)(=O)[O-])c3)C=C2)c2ccc(N(C)C)cc2)cc1. The second-order valence-electron chi connectivity index (χ2n) is 12.5. The molecule has 0 saturated heterocycles. The summed E-state index contributed by atoms with van der Waals surface area (Å²) in [6.45, 7) is 6.64. The highest BCUT2D eigenvalue weighted by Crippen LogP contribution is 2.32. The zero-order valence-electron chi connectivity index (χ0n) is 28.7. The van der Waals surface area contributed by atoms with Crippen molar-refractivity contribution in [1.82, 2.24) is 0 Å². The highest BCUT2D eigenvalue weighted by molar-refractivity contribution is 7.86. The second-order valence-corrected chi connectivity index (χ2v) is 15.3. The standard InChI is InChI=1S/C39H43N3O6S2/c1-5-41(27-29-9-7-11-37(25-29)49(43,44)45)35-21-15-32(16-22-35)39(31-13-19-34(20-14-31)40(3)4)33-17-23-36(24-18-33)42(6-2)28-30-10-8-12-38(26-30)50(46,47)48/h7-26,35H,5-6,27-28H2,1-4H3,(H,43,44,45)(H,46,47,48). The van der Waals surface area contributed by atoms with Crippen molar-refractivity contribution in [2.24, 2.45) is 0 Å². The van der Waals surface area contributed by atoms with Crippen LogP contribution in [0.4, 0.5) is 11.4 Å². The van der Waals surface area contributed by atoms with E-state index in [1.807, 2.05) is 33.2 Å². The molecule has 262 valence electrons. The smallest absolute Gasteiger partial charge is 0.294 e. The Bertz CT molecular complexity index is 2110. The Morgan fingerprint density at radius 3 is 1.82 bits per heavy atom. The summed E-state index contributed by atoms with van der Waals surface area (Å²) in [4.78, 5) is 5.07. The molecule has 11 heteroatoms. The van der Waals surface area contributed by atoms with Gasteiger partial charge in [0.05, 0.1) is 16.3 Å². The molecule has 4 aromatic carbocycles. The number of anilines is 2. The van der Waals surface area contributed by atoms with Gasteiger partial charge in [-0.2, -0.15) is 8.42 Å². The van der Waals surface area contributed by atoms with Gasteiger partial charge in [-0.3, -0.25) is 4.55 Å². The largest absolute Gasteiger partial charge is 0.744 e. The maximum Gasteiger partial charge on any atom is 0.294 e. The van der Waals surface area contributed by atoms with E-state index in [2.05, 4.69) is 89.6 Å². The number of nitrogens with zero attached hydrogens (tertiary/aromatic N) is 2. The number of benzene rings is 4. The molecule has 5 rings (SSSR count). The molecular formula is C39H43N3O6S2. The zero-order valence-corrected chi connectivity index (χ0v) is 30.3. The number of rotatable bonds is 13. The minimum atomic E-state index is -4.53. The van der Waals surface area contributed by atoms with Crippen molar-refractivity contribution in [2.75, 3.05) is 37.0 Å². The summed E-state index contributed by atoms with van der Waals surface area (Å²) < 4.78 is 67.7. The molecule has 0 aromatic heterocycles. The summed E-state index contributed by atoms with van der Waals surface area (Å²) in [5.41, 5.74) is 7.86.